The number of rotatable bonds is 4. The van der Waals surface area contributed by atoms with E-state index in [-0.39, 0.29) is 18.0 Å². The highest BCUT2D eigenvalue weighted by atomic mass is 19.1. The second-order valence-corrected chi connectivity index (χ2v) is 4.60. The van der Waals surface area contributed by atoms with Gasteiger partial charge in [0.2, 0.25) is 0 Å². The first-order valence-corrected chi connectivity index (χ1v) is 5.87. The molecule has 1 saturated carbocycles. The second kappa shape index (κ2) is 5.02. The summed E-state index contributed by atoms with van der Waals surface area (Å²) in [4.78, 5) is 0. The number of hydrogen-bond acceptors (Lipinski definition) is 3. The number of benzene rings is 1. The molecular weight excluding hydrogens is 221 g/mol. The Morgan fingerprint density at radius 3 is 2.71 bits per heavy atom. The number of hydrogen-bond donors (Lipinski definition) is 2. The van der Waals surface area contributed by atoms with Gasteiger partial charge in [0.25, 0.3) is 0 Å². The van der Waals surface area contributed by atoms with Crippen molar-refractivity contribution in [1.82, 2.24) is 5.32 Å². The maximum absolute atomic E-state index is 13.8. The standard InChI is InChI=1S/C13H18FNO2/c1-8(15-9-5-10(16)6-9)12-4-3-11(17-2)7-13(12)14/h3-4,7-10,15-16H,5-6H2,1-2H3. The van der Waals surface area contributed by atoms with Crippen LogP contribution in [0.1, 0.15) is 31.4 Å². The molecule has 0 bridgehead atoms. The van der Waals surface area contributed by atoms with E-state index >= 15 is 0 Å². The van der Waals surface area contributed by atoms with E-state index in [2.05, 4.69) is 5.32 Å². The van der Waals surface area contributed by atoms with Crippen LogP contribution in [0.3, 0.4) is 0 Å². The van der Waals surface area contributed by atoms with Crippen LogP contribution < -0.4 is 10.1 Å². The highest BCUT2D eigenvalue weighted by molar-refractivity contribution is 5.30. The zero-order valence-corrected chi connectivity index (χ0v) is 10.1. The van der Waals surface area contributed by atoms with Gasteiger partial charge in [-0.05, 0) is 25.8 Å². The van der Waals surface area contributed by atoms with Gasteiger partial charge in [-0.15, -0.1) is 0 Å². The average molecular weight is 239 g/mol. The van der Waals surface area contributed by atoms with Crippen molar-refractivity contribution in [3.63, 3.8) is 0 Å². The lowest BCUT2D eigenvalue weighted by Crippen LogP contribution is -2.45. The number of methoxy groups -OCH3 is 1. The van der Waals surface area contributed by atoms with Crippen LogP contribution in [0.4, 0.5) is 4.39 Å². The van der Waals surface area contributed by atoms with E-state index in [1.807, 2.05) is 6.92 Å². The Morgan fingerprint density at radius 2 is 2.18 bits per heavy atom. The first kappa shape index (κ1) is 12.3. The third kappa shape index (κ3) is 2.76. The summed E-state index contributed by atoms with van der Waals surface area (Å²) in [6.07, 6.45) is 1.31. The van der Waals surface area contributed by atoms with Gasteiger partial charge < -0.3 is 15.2 Å². The Hall–Kier alpha value is -1.13. The molecule has 0 saturated heterocycles. The fraction of sp³-hybridized carbons (Fsp3) is 0.538. The van der Waals surface area contributed by atoms with Crippen LogP contribution in [0.5, 0.6) is 5.75 Å². The van der Waals surface area contributed by atoms with Crippen LogP contribution in [0.25, 0.3) is 0 Å². The van der Waals surface area contributed by atoms with E-state index in [1.165, 1.54) is 13.2 Å². The van der Waals surface area contributed by atoms with E-state index in [0.717, 1.165) is 12.8 Å². The molecule has 1 fully saturated rings. The second-order valence-electron chi connectivity index (χ2n) is 4.60. The van der Waals surface area contributed by atoms with E-state index in [4.69, 9.17) is 4.74 Å². The quantitative estimate of drug-likeness (QED) is 0.844. The Labute approximate surface area is 101 Å². The van der Waals surface area contributed by atoms with Crippen molar-refractivity contribution in [1.29, 1.82) is 0 Å². The van der Waals surface area contributed by atoms with Gasteiger partial charge >= 0.3 is 0 Å². The summed E-state index contributed by atoms with van der Waals surface area (Å²) < 4.78 is 18.7. The molecule has 1 aliphatic carbocycles. The summed E-state index contributed by atoms with van der Waals surface area (Å²) in [5, 5.41) is 12.5. The van der Waals surface area contributed by atoms with Gasteiger partial charge in [0.15, 0.2) is 0 Å². The molecule has 17 heavy (non-hydrogen) atoms. The molecule has 1 atom stereocenters. The molecule has 0 aromatic heterocycles. The van der Waals surface area contributed by atoms with Crippen molar-refractivity contribution >= 4 is 0 Å². The molecule has 0 heterocycles. The molecule has 1 aliphatic rings. The SMILES string of the molecule is COc1ccc(C(C)NC2CC(O)C2)c(F)c1. The van der Waals surface area contributed by atoms with Crippen LogP contribution >= 0.6 is 0 Å². The van der Waals surface area contributed by atoms with Crippen LogP contribution in [0, 0.1) is 5.82 Å². The number of aliphatic hydroxyl groups is 1. The van der Waals surface area contributed by atoms with E-state index < -0.39 is 0 Å². The van der Waals surface area contributed by atoms with Crippen molar-refractivity contribution in [2.75, 3.05) is 7.11 Å². The summed E-state index contributed by atoms with van der Waals surface area (Å²) in [5.74, 6) is 0.265. The largest absolute Gasteiger partial charge is 0.497 e. The van der Waals surface area contributed by atoms with Gasteiger partial charge in [-0.1, -0.05) is 6.07 Å². The van der Waals surface area contributed by atoms with E-state index in [0.29, 0.717) is 17.4 Å². The molecule has 1 aromatic carbocycles. The molecule has 0 amide bonds. The molecule has 1 aromatic rings. The highest BCUT2D eigenvalue weighted by Crippen LogP contribution is 2.26. The third-order valence-electron chi connectivity index (χ3n) is 3.27. The number of halogens is 1. The molecule has 0 radical (unpaired) electrons. The van der Waals surface area contributed by atoms with Gasteiger partial charge in [-0.2, -0.15) is 0 Å². The van der Waals surface area contributed by atoms with Gasteiger partial charge in [-0.3, -0.25) is 0 Å². The molecule has 1 unspecified atom stereocenters. The zero-order valence-electron chi connectivity index (χ0n) is 10.1. The smallest absolute Gasteiger partial charge is 0.131 e. The Kier molecular flexibility index (Phi) is 3.64. The third-order valence-corrected chi connectivity index (χ3v) is 3.27. The fourth-order valence-electron chi connectivity index (χ4n) is 2.15. The predicted molar refractivity (Wildman–Crippen MR) is 63.5 cm³/mol. The summed E-state index contributed by atoms with van der Waals surface area (Å²) in [6.45, 7) is 1.93. The Bertz CT molecular complexity index is 391. The molecule has 3 nitrogen and oxygen atoms in total. The van der Waals surface area contributed by atoms with Crippen molar-refractivity contribution < 1.29 is 14.2 Å². The molecule has 4 heteroatoms. The molecule has 0 spiro atoms. The van der Waals surface area contributed by atoms with E-state index in [9.17, 15) is 9.50 Å². The first-order valence-electron chi connectivity index (χ1n) is 5.87. The summed E-state index contributed by atoms with van der Waals surface area (Å²) in [6, 6.07) is 5.12. The van der Waals surface area contributed by atoms with Crippen LogP contribution in [0.15, 0.2) is 18.2 Å². The maximum Gasteiger partial charge on any atom is 0.131 e. The summed E-state index contributed by atoms with van der Waals surface area (Å²) in [5.41, 5.74) is 0.632. The minimum Gasteiger partial charge on any atom is -0.497 e. The average Bonchev–Trinajstić information content (AvgIpc) is 2.26. The summed E-state index contributed by atoms with van der Waals surface area (Å²) >= 11 is 0. The lowest BCUT2D eigenvalue weighted by atomic mass is 9.88. The van der Waals surface area contributed by atoms with Crippen LogP contribution in [0.2, 0.25) is 0 Å². The fourth-order valence-corrected chi connectivity index (χ4v) is 2.15. The number of aliphatic hydroxyl groups excluding tert-OH is 1. The highest BCUT2D eigenvalue weighted by Gasteiger charge is 2.28. The number of nitrogens with one attached hydrogen (secondary N) is 1. The Morgan fingerprint density at radius 1 is 1.47 bits per heavy atom. The van der Waals surface area contributed by atoms with E-state index in [1.54, 1.807) is 12.1 Å². The maximum atomic E-state index is 13.8. The molecule has 94 valence electrons. The van der Waals surface area contributed by atoms with Crippen molar-refractivity contribution in [2.45, 2.75) is 38.0 Å². The van der Waals surface area contributed by atoms with Crippen LogP contribution in [-0.4, -0.2) is 24.4 Å². The summed E-state index contributed by atoms with van der Waals surface area (Å²) in [7, 11) is 1.52. The molecular formula is C13H18FNO2. The number of ether oxygens (including phenoxy) is 1. The Balaban J connectivity index is 2.01. The normalized spacial score (nSPS) is 25.2. The minimum absolute atomic E-state index is 0.0570. The van der Waals surface area contributed by atoms with Gasteiger partial charge in [0.1, 0.15) is 11.6 Å². The van der Waals surface area contributed by atoms with Crippen molar-refractivity contribution in [3.05, 3.63) is 29.6 Å². The van der Waals surface area contributed by atoms with Gasteiger partial charge in [0, 0.05) is 23.7 Å². The zero-order chi connectivity index (χ0) is 12.4. The molecule has 2 N–H and O–H groups in total. The molecule has 2 rings (SSSR count). The van der Waals surface area contributed by atoms with Gasteiger partial charge in [-0.25, -0.2) is 4.39 Å². The lowest BCUT2D eigenvalue weighted by molar-refractivity contribution is 0.0584. The first-order chi connectivity index (χ1) is 8.10. The van der Waals surface area contributed by atoms with Gasteiger partial charge in [0.05, 0.1) is 13.2 Å². The molecule has 0 aliphatic heterocycles. The minimum atomic E-state index is -0.260. The monoisotopic (exact) mass is 239 g/mol. The lowest BCUT2D eigenvalue weighted by Gasteiger charge is -2.34. The van der Waals surface area contributed by atoms with Crippen LogP contribution in [-0.2, 0) is 0 Å². The topological polar surface area (TPSA) is 41.5 Å². The van der Waals surface area contributed by atoms with Crippen molar-refractivity contribution in [2.24, 2.45) is 0 Å². The van der Waals surface area contributed by atoms with Crippen molar-refractivity contribution in [3.8, 4) is 5.75 Å². The predicted octanol–water partition coefficient (Wildman–Crippen LogP) is 2.01.